The standard InChI is InChI=1S/C32H34N4O10S/c1-17(37)42-16-26-27(43-18(2)38)28(44-19(3)39)29(45-20(4)40)30(46-26)35-32(47)36-31-33-24(21-9-7-6-8-10-21)15-25(34-31)22-11-13-23(41-5)14-12-22/h6-15,26-30H,16H2,1-5H3,(H2,33,34,35,36,47)/t26-,27-,28+,29-,30-/m1/s1. The first-order valence-electron chi connectivity index (χ1n) is 14.4. The molecule has 4 rings (SSSR count). The maximum atomic E-state index is 12.2. The van der Waals surface area contributed by atoms with Crippen LogP contribution in [0.2, 0.25) is 0 Å². The molecule has 0 amide bonds. The van der Waals surface area contributed by atoms with E-state index in [9.17, 15) is 19.2 Å². The van der Waals surface area contributed by atoms with E-state index in [1.165, 1.54) is 6.92 Å². The van der Waals surface area contributed by atoms with Gasteiger partial charge >= 0.3 is 23.9 Å². The molecule has 15 heteroatoms. The van der Waals surface area contributed by atoms with E-state index in [0.29, 0.717) is 17.1 Å². The number of carbonyl (C=O) groups is 4. The minimum atomic E-state index is -1.37. The van der Waals surface area contributed by atoms with Gasteiger partial charge in [-0.2, -0.15) is 0 Å². The number of benzene rings is 2. The first-order chi connectivity index (χ1) is 22.4. The van der Waals surface area contributed by atoms with Crippen LogP contribution in [-0.2, 0) is 42.9 Å². The molecule has 0 bridgehead atoms. The fourth-order valence-corrected chi connectivity index (χ4v) is 4.99. The number of esters is 4. The normalized spacial score (nSPS) is 20.2. The number of nitrogens with zero attached hydrogens (tertiary/aromatic N) is 2. The van der Waals surface area contributed by atoms with Crippen molar-refractivity contribution in [1.82, 2.24) is 15.3 Å². The number of methoxy groups -OCH3 is 1. The summed E-state index contributed by atoms with van der Waals surface area (Å²) < 4.78 is 32.9. The zero-order chi connectivity index (χ0) is 34.1. The number of ether oxygens (including phenoxy) is 6. The summed E-state index contributed by atoms with van der Waals surface area (Å²) in [4.78, 5) is 57.2. The first kappa shape index (κ1) is 34.7. The number of nitrogens with one attached hydrogen (secondary N) is 2. The largest absolute Gasteiger partial charge is 0.497 e. The van der Waals surface area contributed by atoms with Gasteiger partial charge in [0.2, 0.25) is 5.95 Å². The molecular weight excluding hydrogens is 632 g/mol. The summed E-state index contributed by atoms with van der Waals surface area (Å²) in [7, 11) is 1.58. The number of aromatic nitrogens is 2. The summed E-state index contributed by atoms with van der Waals surface area (Å²) in [5.74, 6) is -2.07. The van der Waals surface area contributed by atoms with Gasteiger partial charge in [0.25, 0.3) is 0 Å². The van der Waals surface area contributed by atoms with E-state index in [1.807, 2.05) is 60.7 Å². The van der Waals surface area contributed by atoms with Crippen molar-refractivity contribution < 1.29 is 47.6 Å². The van der Waals surface area contributed by atoms with Crippen LogP contribution < -0.4 is 15.4 Å². The maximum Gasteiger partial charge on any atom is 0.303 e. The molecule has 2 N–H and O–H groups in total. The van der Waals surface area contributed by atoms with Gasteiger partial charge in [0.15, 0.2) is 29.7 Å². The van der Waals surface area contributed by atoms with E-state index in [0.717, 1.165) is 31.9 Å². The Labute approximate surface area is 276 Å². The first-order valence-corrected chi connectivity index (χ1v) is 14.8. The lowest BCUT2D eigenvalue weighted by Crippen LogP contribution is -2.66. The Morgan fingerprint density at radius 1 is 0.766 bits per heavy atom. The van der Waals surface area contributed by atoms with Crippen molar-refractivity contribution in [3.05, 3.63) is 60.7 Å². The van der Waals surface area contributed by atoms with Crippen LogP contribution in [0.15, 0.2) is 60.7 Å². The third-order valence-corrected chi connectivity index (χ3v) is 6.89. The minimum Gasteiger partial charge on any atom is -0.497 e. The molecule has 0 aliphatic carbocycles. The molecule has 1 fully saturated rings. The Morgan fingerprint density at radius 3 is 1.87 bits per heavy atom. The van der Waals surface area contributed by atoms with Crippen LogP contribution in [0.25, 0.3) is 22.5 Å². The van der Waals surface area contributed by atoms with Crippen molar-refractivity contribution in [2.24, 2.45) is 0 Å². The monoisotopic (exact) mass is 666 g/mol. The van der Waals surface area contributed by atoms with E-state index in [-0.39, 0.29) is 17.7 Å². The smallest absolute Gasteiger partial charge is 0.303 e. The van der Waals surface area contributed by atoms with Gasteiger partial charge < -0.3 is 39.1 Å². The molecule has 0 unspecified atom stereocenters. The van der Waals surface area contributed by atoms with Crippen LogP contribution in [-0.4, -0.2) is 83.3 Å². The quantitative estimate of drug-likeness (QED) is 0.183. The average molecular weight is 667 g/mol. The van der Waals surface area contributed by atoms with E-state index < -0.39 is 54.5 Å². The molecule has 1 aromatic heterocycles. The van der Waals surface area contributed by atoms with Gasteiger partial charge in [0, 0.05) is 38.8 Å². The van der Waals surface area contributed by atoms with Crippen LogP contribution in [0.1, 0.15) is 27.7 Å². The van der Waals surface area contributed by atoms with Gasteiger partial charge in [-0.1, -0.05) is 30.3 Å². The fraction of sp³-hybridized carbons (Fsp3) is 0.344. The van der Waals surface area contributed by atoms with Gasteiger partial charge in [0.1, 0.15) is 18.5 Å². The number of rotatable bonds is 10. The van der Waals surface area contributed by atoms with Gasteiger partial charge in [-0.3, -0.25) is 19.2 Å². The van der Waals surface area contributed by atoms with Crippen molar-refractivity contribution in [3.63, 3.8) is 0 Å². The highest BCUT2D eigenvalue weighted by Gasteiger charge is 2.52. The Morgan fingerprint density at radius 2 is 1.32 bits per heavy atom. The van der Waals surface area contributed by atoms with Crippen molar-refractivity contribution in [2.45, 2.75) is 58.3 Å². The molecule has 2 heterocycles. The van der Waals surface area contributed by atoms with E-state index >= 15 is 0 Å². The summed E-state index contributed by atoms with van der Waals surface area (Å²) in [6, 6.07) is 18.6. The third kappa shape index (κ3) is 9.67. The molecule has 1 aliphatic heterocycles. The van der Waals surface area contributed by atoms with Crippen molar-refractivity contribution >= 4 is 47.2 Å². The van der Waals surface area contributed by atoms with E-state index in [2.05, 4.69) is 20.6 Å². The molecule has 248 valence electrons. The minimum absolute atomic E-state index is 0.0585. The van der Waals surface area contributed by atoms with Crippen LogP contribution >= 0.6 is 12.2 Å². The molecule has 0 saturated carbocycles. The second-order valence-electron chi connectivity index (χ2n) is 10.3. The highest BCUT2D eigenvalue weighted by atomic mass is 32.1. The lowest BCUT2D eigenvalue weighted by molar-refractivity contribution is -0.254. The zero-order valence-electron chi connectivity index (χ0n) is 26.3. The Kier molecular flexibility index (Phi) is 11.8. The van der Waals surface area contributed by atoms with Crippen LogP contribution in [0.4, 0.5) is 5.95 Å². The number of thiocarbonyl (C=S) groups is 1. The van der Waals surface area contributed by atoms with Gasteiger partial charge in [-0.05, 0) is 42.5 Å². The Bertz CT molecular complexity index is 1610. The predicted molar refractivity (Wildman–Crippen MR) is 171 cm³/mol. The number of anilines is 1. The number of hydrogen-bond donors (Lipinski definition) is 2. The summed E-state index contributed by atoms with van der Waals surface area (Å²) in [6.45, 7) is 4.23. The van der Waals surface area contributed by atoms with Crippen LogP contribution in [0, 0.1) is 0 Å². The summed E-state index contributed by atoms with van der Waals surface area (Å²) >= 11 is 5.59. The molecular formula is C32H34N4O10S. The zero-order valence-corrected chi connectivity index (χ0v) is 27.1. The van der Waals surface area contributed by atoms with Crippen molar-refractivity contribution in [1.29, 1.82) is 0 Å². The average Bonchev–Trinajstić information content (AvgIpc) is 3.02. The number of carbonyl (C=O) groups excluding carboxylic acids is 4. The van der Waals surface area contributed by atoms with E-state index in [1.54, 1.807) is 7.11 Å². The molecule has 14 nitrogen and oxygen atoms in total. The fourth-order valence-electron chi connectivity index (χ4n) is 4.78. The summed E-state index contributed by atoms with van der Waals surface area (Å²) in [5.41, 5.74) is 2.79. The van der Waals surface area contributed by atoms with Gasteiger partial charge in [-0.25, -0.2) is 9.97 Å². The van der Waals surface area contributed by atoms with Crippen LogP contribution in [0.3, 0.4) is 0 Å². The van der Waals surface area contributed by atoms with Gasteiger partial charge in [0.05, 0.1) is 18.5 Å². The second-order valence-corrected chi connectivity index (χ2v) is 10.7. The number of hydrogen-bond acceptors (Lipinski definition) is 13. The molecule has 0 spiro atoms. The third-order valence-electron chi connectivity index (χ3n) is 6.67. The Hall–Kier alpha value is -5.15. The molecule has 3 aromatic rings. The lowest BCUT2D eigenvalue weighted by Gasteiger charge is -2.44. The summed E-state index contributed by atoms with van der Waals surface area (Å²) in [5, 5.41) is 5.79. The molecule has 1 saturated heterocycles. The molecule has 47 heavy (non-hydrogen) atoms. The molecule has 0 radical (unpaired) electrons. The SMILES string of the molecule is COc1ccc(-c2cc(-c3ccccc3)nc(NC(=S)N[C@@H]3O[C@H](COC(C)=O)[C@@H](OC(C)=O)[C@H](OC(C)=O)[C@H]3OC(C)=O)n2)cc1. The van der Waals surface area contributed by atoms with E-state index in [4.69, 9.17) is 40.6 Å². The predicted octanol–water partition coefficient (Wildman–Crippen LogP) is 3.19. The van der Waals surface area contributed by atoms with Crippen LogP contribution in [0.5, 0.6) is 5.75 Å². The highest BCUT2D eigenvalue weighted by Crippen LogP contribution is 2.29. The second kappa shape index (κ2) is 15.9. The molecule has 5 atom stereocenters. The van der Waals surface area contributed by atoms with Crippen molar-refractivity contribution in [3.8, 4) is 28.3 Å². The molecule has 1 aliphatic rings. The summed E-state index contributed by atoms with van der Waals surface area (Å²) in [6.07, 6.45) is -6.47. The Balaban J connectivity index is 1.67. The highest BCUT2D eigenvalue weighted by molar-refractivity contribution is 7.80. The lowest BCUT2D eigenvalue weighted by atomic mass is 9.97. The topological polar surface area (TPSA) is 174 Å². The molecule has 2 aromatic carbocycles. The van der Waals surface area contributed by atoms with Crippen molar-refractivity contribution in [2.75, 3.05) is 19.0 Å². The maximum absolute atomic E-state index is 12.2. The van der Waals surface area contributed by atoms with Gasteiger partial charge in [-0.15, -0.1) is 0 Å².